The minimum atomic E-state index is -0.359. The van der Waals surface area contributed by atoms with Crippen molar-refractivity contribution in [1.29, 1.82) is 0 Å². The first-order valence-electron chi connectivity index (χ1n) is 9.34. The molecule has 1 atom stereocenters. The molecule has 1 N–H and O–H groups in total. The van der Waals surface area contributed by atoms with Crippen molar-refractivity contribution in [3.05, 3.63) is 59.9 Å². The van der Waals surface area contributed by atoms with Gasteiger partial charge in [-0.3, -0.25) is 19.7 Å². The maximum Gasteiger partial charge on any atom is 0.239 e. The second kappa shape index (κ2) is 9.14. The summed E-state index contributed by atoms with van der Waals surface area (Å²) in [5.41, 5.74) is 1.77. The lowest BCUT2D eigenvalue weighted by Crippen LogP contribution is -2.25. The molecule has 0 aliphatic heterocycles. The van der Waals surface area contributed by atoms with Gasteiger partial charge in [-0.25, -0.2) is 0 Å². The van der Waals surface area contributed by atoms with E-state index in [-0.39, 0.29) is 11.2 Å². The first-order chi connectivity index (χ1) is 14.7. The molecule has 0 aliphatic rings. The van der Waals surface area contributed by atoms with Gasteiger partial charge in [-0.2, -0.15) is 0 Å². The van der Waals surface area contributed by atoms with Crippen LogP contribution in [0, 0.1) is 6.92 Å². The van der Waals surface area contributed by atoms with E-state index >= 15 is 0 Å². The molecule has 0 aliphatic carbocycles. The van der Waals surface area contributed by atoms with E-state index in [1.807, 2.05) is 60.9 Å². The number of thioether (sulfide) groups is 1. The van der Waals surface area contributed by atoms with Crippen LogP contribution in [0.4, 0.5) is 5.13 Å². The summed E-state index contributed by atoms with van der Waals surface area (Å²) >= 11 is 2.72. The third-order valence-electron chi connectivity index (χ3n) is 4.23. The minimum Gasteiger partial charge on any atom is -0.300 e. The van der Waals surface area contributed by atoms with Crippen molar-refractivity contribution in [1.82, 2.24) is 29.9 Å². The molecule has 0 spiro atoms. The van der Waals surface area contributed by atoms with E-state index in [0.717, 1.165) is 16.3 Å². The van der Waals surface area contributed by atoms with E-state index in [9.17, 15) is 4.79 Å². The average molecular weight is 438 g/mol. The number of anilines is 1. The monoisotopic (exact) mass is 437 g/mol. The number of rotatable bonds is 7. The molecule has 3 heterocycles. The zero-order valence-corrected chi connectivity index (χ0v) is 18.0. The summed E-state index contributed by atoms with van der Waals surface area (Å²) in [4.78, 5) is 17.0. The van der Waals surface area contributed by atoms with Gasteiger partial charge in [-0.05, 0) is 37.6 Å². The molecule has 8 nitrogen and oxygen atoms in total. The molecule has 4 aromatic rings. The van der Waals surface area contributed by atoms with Crippen molar-refractivity contribution in [3.8, 4) is 17.1 Å². The fourth-order valence-electron chi connectivity index (χ4n) is 2.82. The van der Waals surface area contributed by atoms with Gasteiger partial charge in [0.25, 0.3) is 0 Å². The molecule has 1 aromatic carbocycles. The molecule has 3 aromatic heterocycles. The predicted octanol–water partition coefficient (Wildman–Crippen LogP) is 4.00. The van der Waals surface area contributed by atoms with E-state index in [1.54, 1.807) is 12.4 Å². The van der Waals surface area contributed by atoms with Gasteiger partial charge in [0, 0.05) is 23.6 Å². The third kappa shape index (κ3) is 4.39. The van der Waals surface area contributed by atoms with Crippen LogP contribution in [0.25, 0.3) is 17.1 Å². The molecule has 0 bridgehead atoms. The number of nitrogens with one attached hydrogen (secondary N) is 1. The van der Waals surface area contributed by atoms with Crippen molar-refractivity contribution >= 4 is 34.1 Å². The fraction of sp³-hybridized carbons (Fsp3) is 0.200. The summed E-state index contributed by atoms with van der Waals surface area (Å²) in [7, 11) is 0. The van der Waals surface area contributed by atoms with Crippen molar-refractivity contribution in [2.24, 2.45) is 0 Å². The van der Waals surface area contributed by atoms with E-state index < -0.39 is 0 Å². The Labute approximate surface area is 181 Å². The molecule has 0 saturated carbocycles. The normalized spacial score (nSPS) is 11.9. The minimum absolute atomic E-state index is 0.135. The highest BCUT2D eigenvalue weighted by Gasteiger charge is 2.24. The molecule has 152 valence electrons. The van der Waals surface area contributed by atoms with Crippen LogP contribution in [-0.4, -0.2) is 41.1 Å². The summed E-state index contributed by atoms with van der Waals surface area (Å²) in [6.07, 6.45) is 4.09. The Hall–Kier alpha value is -3.11. The lowest BCUT2D eigenvalue weighted by atomic mass is 10.2. The Morgan fingerprint density at radius 2 is 1.97 bits per heavy atom. The van der Waals surface area contributed by atoms with Gasteiger partial charge in [0.2, 0.25) is 11.0 Å². The Bertz CT molecular complexity index is 1130. The highest BCUT2D eigenvalue weighted by atomic mass is 32.2. The number of benzene rings is 1. The van der Waals surface area contributed by atoms with Crippen LogP contribution in [0.3, 0.4) is 0 Å². The number of carbonyl (C=O) groups is 1. The molecule has 0 saturated heterocycles. The van der Waals surface area contributed by atoms with Gasteiger partial charge >= 0.3 is 0 Å². The number of aryl methyl sites for hydroxylation is 1. The number of nitrogens with zero attached hydrogens (tertiary/aromatic N) is 6. The topological polar surface area (TPSA) is 98.5 Å². The Balaban J connectivity index is 1.66. The van der Waals surface area contributed by atoms with E-state index in [0.29, 0.717) is 22.5 Å². The highest BCUT2D eigenvalue weighted by molar-refractivity contribution is 8.00. The van der Waals surface area contributed by atoms with Crippen LogP contribution in [0.5, 0.6) is 0 Å². The average Bonchev–Trinajstić information content (AvgIpc) is 3.39. The number of pyridine rings is 1. The van der Waals surface area contributed by atoms with Crippen LogP contribution in [0.1, 0.15) is 18.4 Å². The molecular weight excluding hydrogens is 418 g/mol. The Kier molecular flexibility index (Phi) is 6.15. The van der Waals surface area contributed by atoms with Gasteiger partial charge in [-0.15, -0.1) is 20.4 Å². The summed E-state index contributed by atoms with van der Waals surface area (Å²) in [5, 5.41) is 21.1. The molecule has 0 radical (unpaired) electrons. The SMILES string of the molecule is CCC(Sc1nnc(-c2cccnc2)n1-c1ccccc1)C(=O)Nc1nnc(C)s1. The van der Waals surface area contributed by atoms with Crippen LogP contribution in [0.15, 0.2) is 60.0 Å². The first-order valence-corrected chi connectivity index (χ1v) is 11.0. The lowest BCUT2D eigenvalue weighted by molar-refractivity contribution is -0.115. The number of aromatic nitrogens is 6. The second-order valence-electron chi connectivity index (χ2n) is 6.35. The van der Waals surface area contributed by atoms with Gasteiger partial charge in [0.1, 0.15) is 5.01 Å². The number of amides is 1. The predicted molar refractivity (Wildman–Crippen MR) is 118 cm³/mol. The number of carbonyl (C=O) groups excluding carboxylic acids is 1. The molecular formula is C20H19N7OS2. The van der Waals surface area contributed by atoms with Crippen molar-refractivity contribution < 1.29 is 4.79 Å². The summed E-state index contributed by atoms with van der Waals surface area (Å²) < 4.78 is 1.95. The van der Waals surface area contributed by atoms with Gasteiger partial charge < -0.3 is 0 Å². The lowest BCUT2D eigenvalue weighted by Gasteiger charge is -2.15. The smallest absolute Gasteiger partial charge is 0.239 e. The van der Waals surface area contributed by atoms with E-state index in [1.165, 1.54) is 23.1 Å². The third-order valence-corrected chi connectivity index (χ3v) is 6.30. The summed E-state index contributed by atoms with van der Waals surface area (Å²) in [6, 6.07) is 13.6. The summed E-state index contributed by atoms with van der Waals surface area (Å²) in [6.45, 7) is 3.82. The second-order valence-corrected chi connectivity index (χ2v) is 8.70. The van der Waals surface area contributed by atoms with Crippen molar-refractivity contribution in [2.75, 3.05) is 5.32 Å². The van der Waals surface area contributed by atoms with Crippen molar-refractivity contribution in [3.63, 3.8) is 0 Å². The fourth-order valence-corrected chi connectivity index (χ4v) is 4.39. The highest BCUT2D eigenvalue weighted by Crippen LogP contribution is 2.31. The zero-order chi connectivity index (χ0) is 20.9. The van der Waals surface area contributed by atoms with Crippen LogP contribution in [-0.2, 0) is 4.79 Å². The van der Waals surface area contributed by atoms with Gasteiger partial charge in [-0.1, -0.05) is 48.2 Å². The summed E-state index contributed by atoms with van der Waals surface area (Å²) in [5.74, 6) is 0.538. The molecule has 1 unspecified atom stereocenters. The number of para-hydroxylation sites is 1. The van der Waals surface area contributed by atoms with E-state index in [4.69, 9.17) is 0 Å². The Morgan fingerprint density at radius 3 is 2.63 bits per heavy atom. The van der Waals surface area contributed by atoms with Crippen LogP contribution < -0.4 is 5.32 Å². The quantitative estimate of drug-likeness (QED) is 0.436. The molecule has 4 rings (SSSR count). The van der Waals surface area contributed by atoms with Crippen LogP contribution in [0.2, 0.25) is 0 Å². The maximum atomic E-state index is 12.8. The zero-order valence-electron chi connectivity index (χ0n) is 16.4. The Morgan fingerprint density at radius 1 is 1.13 bits per heavy atom. The number of hydrogen-bond donors (Lipinski definition) is 1. The van der Waals surface area contributed by atoms with Gasteiger partial charge in [0.05, 0.1) is 5.25 Å². The maximum absolute atomic E-state index is 12.8. The van der Waals surface area contributed by atoms with E-state index in [2.05, 4.69) is 30.7 Å². The molecule has 30 heavy (non-hydrogen) atoms. The standard InChI is InChI=1S/C20H19N7OS2/c1-3-16(18(28)22-19-25-23-13(2)29-19)30-20-26-24-17(14-8-7-11-21-12-14)27(20)15-9-5-4-6-10-15/h4-12,16H,3H2,1-2H3,(H,22,25,28). The van der Waals surface area contributed by atoms with Gasteiger partial charge in [0.15, 0.2) is 11.0 Å². The largest absolute Gasteiger partial charge is 0.300 e. The van der Waals surface area contributed by atoms with Crippen LogP contribution >= 0.6 is 23.1 Å². The number of hydrogen-bond acceptors (Lipinski definition) is 8. The van der Waals surface area contributed by atoms with Crippen molar-refractivity contribution in [2.45, 2.75) is 30.7 Å². The first kappa shape index (κ1) is 20.2. The molecule has 10 heteroatoms. The molecule has 0 fully saturated rings. The molecule has 1 amide bonds.